The highest BCUT2D eigenvalue weighted by molar-refractivity contribution is 5.99. The van der Waals surface area contributed by atoms with Crippen molar-refractivity contribution in [3.05, 3.63) is 33.9 Å². The first-order chi connectivity index (χ1) is 8.59. The number of benzene rings is 1. The predicted molar refractivity (Wildman–Crippen MR) is 67.3 cm³/mol. The summed E-state index contributed by atoms with van der Waals surface area (Å²) in [6.45, 7) is 1.39. The summed E-state index contributed by atoms with van der Waals surface area (Å²) in [7, 11) is 0. The molecule has 1 amide bonds. The summed E-state index contributed by atoms with van der Waals surface area (Å²) in [5.74, 6) is -0.212. The molecule has 0 aliphatic carbocycles. The lowest BCUT2D eigenvalue weighted by molar-refractivity contribution is -0.384. The van der Waals surface area contributed by atoms with Gasteiger partial charge in [0.2, 0.25) is 0 Å². The summed E-state index contributed by atoms with van der Waals surface area (Å²) < 4.78 is 0. The van der Waals surface area contributed by atoms with Gasteiger partial charge in [0.1, 0.15) is 0 Å². The molecule has 6 nitrogen and oxygen atoms in total. The summed E-state index contributed by atoms with van der Waals surface area (Å²) in [5, 5.41) is 10.7. The molecule has 1 saturated heterocycles. The Balaban J connectivity index is 2.28. The Morgan fingerprint density at radius 1 is 1.28 bits per heavy atom. The van der Waals surface area contributed by atoms with Crippen molar-refractivity contribution in [2.45, 2.75) is 19.3 Å². The molecule has 2 N–H and O–H groups in total. The van der Waals surface area contributed by atoms with Crippen LogP contribution in [-0.4, -0.2) is 28.8 Å². The minimum Gasteiger partial charge on any atom is -0.398 e. The fraction of sp³-hybridized carbons (Fsp3) is 0.417. The lowest BCUT2D eigenvalue weighted by Gasteiger charge is -2.27. The first-order valence-corrected chi connectivity index (χ1v) is 5.93. The van der Waals surface area contributed by atoms with Crippen LogP contribution in [0.5, 0.6) is 0 Å². The summed E-state index contributed by atoms with van der Waals surface area (Å²) in [4.78, 5) is 24.1. The van der Waals surface area contributed by atoms with Crippen LogP contribution in [-0.2, 0) is 0 Å². The Morgan fingerprint density at radius 2 is 1.94 bits per heavy atom. The van der Waals surface area contributed by atoms with Gasteiger partial charge in [-0.15, -0.1) is 0 Å². The molecule has 1 aliphatic heterocycles. The Kier molecular flexibility index (Phi) is 3.45. The molecule has 96 valence electrons. The van der Waals surface area contributed by atoms with Crippen molar-refractivity contribution in [2.24, 2.45) is 0 Å². The number of nitrogens with two attached hydrogens (primary N) is 1. The number of carbonyl (C=O) groups excluding carboxylic acids is 1. The van der Waals surface area contributed by atoms with Crippen molar-refractivity contribution in [3.8, 4) is 0 Å². The largest absolute Gasteiger partial charge is 0.398 e. The van der Waals surface area contributed by atoms with Gasteiger partial charge in [-0.05, 0) is 25.3 Å². The highest BCUT2D eigenvalue weighted by Crippen LogP contribution is 2.22. The minimum absolute atomic E-state index is 0.107. The molecule has 1 fully saturated rings. The van der Waals surface area contributed by atoms with Gasteiger partial charge in [-0.3, -0.25) is 14.9 Å². The topological polar surface area (TPSA) is 89.5 Å². The van der Waals surface area contributed by atoms with Crippen molar-refractivity contribution in [1.82, 2.24) is 4.90 Å². The van der Waals surface area contributed by atoms with E-state index in [9.17, 15) is 14.9 Å². The SMILES string of the molecule is Nc1ccc([N+](=O)[O-])cc1C(=O)N1CCCCC1. The van der Waals surface area contributed by atoms with Gasteiger partial charge in [0, 0.05) is 30.9 Å². The van der Waals surface area contributed by atoms with Crippen LogP contribution in [0.3, 0.4) is 0 Å². The van der Waals surface area contributed by atoms with E-state index < -0.39 is 4.92 Å². The molecule has 0 spiro atoms. The van der Waals surface area contributed by atoms with E-state index in [4.69, 9.17) is 5.73 Å². The second-order valence-corrected chi connectivity index (χ2v) is 4.38. The Labute approximate surface area is 105 Å². The number of amides is 1. The third kappa shape index (κ3) is 2.42. The maximum Gasteiger partial charge on any atom is 0.270 e. The first-order valence-electron chi connectivity index (χ1n) is 5.93. The molecule has 0 bridgehead atoms. The van der Waals surface area contributed by atoms with Crippen LogP contribution in [0, 0.1) is 10.1 Å². The third-order valence-electron chi connectivity index (χ3n) is 3.12. The van der Waals surface area contributed by atoms with Crippen molar-refractivity contribution in [1.29, 1.82) is 0 Å². The van der Waals surface area contributed by atoms with E-state index in [-0.39, 0.29) is 22.8 Å². The molecule has 1 aromatic carbocycles. The first kappa shape index (κ1) is 12.3. The number of carbonyl (C=O) groups is 1. The average Bonchev–Trinajstić information content (AvgIpc) is 2.39. The summed E-state index contributed by atoms with van der Waals surface area (Å²) in [5.41, 5.74) is 6.14. The van der Waals surface area contributed by atoms with Crippen molar-refractivity contribution in [3.63, 3.8) is 0 Å². The van der Waals surface area contributed by atoms with Crippen molar-refractivity contribution < 1.29 is 9.72 Å². The number of nitro groups is 1. The normalized spacial score (nSPS) is 15.4. The van der Waals surface area contributed by atoms with E-state index in [0.29, 0.717) is 13.1 Å². The van der Waals surface area contributed by atoms with E-state index >= 15 is 0 Å². The molecule has 0 saturated carbocycles. The fourth-order valence-electron chi connectivity index (χ4n) is 2.11. The van der Waals surface area contributed by atoms with E-state index in [2.05, 4.69) is 0 Å². The standard InChI is InChI=1S/C12H15N3O3/c13-11-5-4-9(15(17)18)8-10(11)12(16)14-6-2-1-3-7-14/h4-5,8H,1-3,6-7,13H2. The fourth-order valence-corrected chi connectivity index (χ4v) is 2.11. The van der Waals surface area contributed by atoms with Crippen molar-refractivity contribution >= 4 is 17.3 Å². The number of non-ortho nitro benzene ring substituents is 1. The van der Waals surface area contributed by atoms with Gasteiger partial charge in [-0.1, -0.05) is 0 Å². The number of nitrogen functional groups attached to an aromatic ring is 1. The van der Waals surface area contributed by atoms with E-state index in [1.165, 1.54) is 18.2 Å². The van der Waals surface area contributed by atoms with Gasteiger partial charge in [-0.2, -0.15) is 0 Å². The van der Waals surface area contributed by atoms with Crippen LogP contribution >= 0.6 is 0 Å². The van der Waals surface area contributed by atoms with Crippen LogP contribution in [0.25, 0.3) is 0 Å². The quantitative estimate of drug-likeness (QED) is 0.491. The maximum atomic E-state index is 12.2. The number of hydrogen-bond acceptors (Lipinski definition) is 4. The molecular weight excluding hydrogens is 234 g/mol. The molecule has 1 aromatic rings. The summed E-state index contributed by atoms with van der Waals surface area (Å²) >= 11 is 0. The van der Waals surface area contributed by atoms with Crippen LogP contribution in [0.1, 0.15) is 29.6 Å². The van der Waals surface area contributed by atoms with Crippen molar-refractivity contribution in [2.75, 3.05) is 18.8 Å². The Morgan fingerprint density at radius 3 is 2.56 bits per heavy atom. The van der Waals surface area contributed by atoms with E-state index in [0.717, 1.165) is 19.3 Å². The molecule has 0 atom stereocenters. The van der Waals surface area contributed by atoms with E-state index in [1.807, 2.05) is 0 Å². The van der Waals surface area contributed by atoms with Crippen LogP contribution in [0.15, 0.2) is 18.2 Å². The molecule has 1 heterocycles. The third-order valence-corrected chi connectivity index (χ3v) is 3.12. The highest BCUT2D eigenvalue weighted by Gasteiger charge is 2.22. The molecule has 1 aliphatic rings. The number of rotatable bonds is 2. The minimum atomic E-state index is -0.521. The number of anilines is 1. The van der Waals surface area contributed by atoms with Gasteiger partial charge >= 0.3 is 0 Å². The monoisotopic (exact) mass is 249 g/mol. The molecule has 0 radical (unpaired) electrons. The van der Waals surface area contributed by atoms with Crippen LogP contribution < -0.4 is 5.73 Å². The lowest BCUT2D eigenvalue weighted by atomic mass is 10.1. The molecule has 0 unspecified atom stereocenters. The highest BCUT2D eigenvalue weighted by atomic mass is 16.6. The summed E-state index contributed by atoms with van der Waals surface area (Å²) in [6.07, 6.45) is 3.06. The van der Waals surface area contributed by atoms with Gasteiger partial charge in [0.15, 0.2) is 0 Å². The van der Waals surface area contributed by atoms with Gasteiger partial charge in [0.05, 0.1) is 10.5 Å². The lowest BCUT2D eigenvalue weighted by Crippen LogP contribution is -2.36. The molecule has 6 heteroatoms. The van der Waals surface area contributed by atoms with Crippen LogP contribution in [0.4, 0.5) is 11.4 Å². The van der Waals surface area contributed by atoms with Crippen LogP contribution in [0.2, 0.25) is 0 Å². The second-order valence-electron chi connectivity index (χ2n) is 4.38. The van der Waals surface area contributed by atoms with Gasteiger partial charge in [-0.25, -0.2) is 0 Å². The number of likely N-dealkylation sites (tertiary alicyclic amines) is 1. The molecule has 0 aromatic heterocycles. The number of nitrogens with zero attached hydrogens (tertiary/aromatic N) is 2. The number of hydrogen-bond donors (Lipinski definition) is 1. The molecule has 18 heavy (non-hydrogen) atoms. The smallest absolute Gasteiger partial charge is 0.270 e. The zero-order valence-electron chi connectivity index (χ0n) is 9.96. The zero-order valence-corrected chi connectivity index (χ0v) is 9.96. The zero-order chi connectivity index (χ0) is 13.1. The second kappa shape index (κ2) is 5.03. The predicted octanol–water partition coefficient (Wildman–Crippen LogP) is 1.80. The van der Waals surface area contributed by atoms with E-state index in [1.54, 1.807) is 4.90 Å². The average molecular weight is 249 g/mol. The number of nitro benzene ring substituents is 1. The molecular formula is C12H15N3O3. The van der Waals surface area contributed by atoms with Gasteiger partial charge < -0.3 is 10.6 Å². The summed E-state index contributed by atoms with van der Waals surface area (Å²) in [6, 6.07) is 3.98. The van der Waals surface area contributed by atoms with Gasteiger partial charge in [0.25, 0.3) is 11.6 Å². The molecule has 2 rings (SSSR count). The number of piperidine rings is 1. The maximum absolute atomic E-state index is 12.2. The Bertz CT molecular complexity index is 481. The Hall–Kier alpha value is -2.11.